The van der Waals surface area contributed by atoms with Crippen LogP contribution in [0, 0.1) is 6.92 Å². The third kappa shape index (κ3) is 5.37. The molecule has 0 amide bonds. The first kappa shape index (κ1) is 15.8. The van der Waals surface area contributed by atoms with E-state index in [4.69, 9.17) is 4.42 Å². The molecule has 0 atom stereocenters. The largest absolute Gasteiger partial charge is 0.463 e. The first-order valence-electron chi connectivity index (χ1n) is 7.69. The fraction of sp³-hybridized carbons (Fsp3) is 0.444. The maximum absolute atomic E-state index is 5.85. The zero-order chi connectivity index (χ0) is 15.1. The quantitative estimate of drug-likeness (QED) is 0.750. The van der Waals surface area contributed by atoms with Crippen LogP contribution in [0.2, 0.25) is 0 Å². The molecule has 0 bridgehead atoms. The Labute approximate surface area is 128 Å². The number of hydrogen-bond donors (Lipinski definition) is 1. The topological polar surface area (TPSA) is 28.4 Å². The molecule has 0 aliphatic carbocycles. The molecule has 0 fully saturated rings. The van der Waals surface area contributed by atoms with E-state index in [9.17, 15) is 0 Å². The van der Waals surface area contributed by atoms with Crippen LogP contribution >= 0.6 is 0 Å². The molecule has 1 heterocycles. The monoisotopic (exact) mass is 286 g/mol. The Morgan fingerprint density at radius 3 is 2.43 bits per heavy atom. The van der Waals surface area contributed by atoms with Gasteiger partial charge < -0.3 is 9.73 Å². The SMILES string of the molecule is CCCNCc1ccc(CN(C)Cc2ccc(C)cc2)o1. The van der Waals surface area contributed by atoms with E-state index >= 15 is 0 Å². The highest BCUT2D eigenvalue weighted by atomic mass is 16.3. The summed E-state index contributed by atoms with van der Waals surface area (Å²) in [5.74, 6) is 2.04. The lowest BCUT2D eigenvalue weighted by molar-refractivity contribution is 0.282. The minimum atomic E-state index is 0.815. The Balaban J connectivity index is 1.82. The molecule has 2 aromatic rings. The van der Waals surface area contributed by atoms with Gasteiger partial charge >= 0.3 is 0 Å². The van der Waals surface area contributed by atoms with Gasteiger partial charge in [0.25, 0.3) is 0 Å². The molecule has 0 radical (unpaired) electrons. The van der Waals surface area contributed by atoms with Crippen molar-refractivity contribution in [2.45, 2.75) is 39.9 Å². The van der Waals surface area contributed by atoms with Crippen LogP contribution in [0.25, 0.3) is 0 Å². The van der Waals surface area contributed by atoms with E-state index in [0.29, 0.717) is 0 Å². The number of hydrogen-bond acceptors (Lipinski definition) is 3. The molecule has 0 unspecified atom stereocenters. The molecule has 0 aliphatic heterocycles. The third-order valence-electron chi connectivity index (χ3n) is 3.44. The van der Waals surface area contributed by atoms with Crippen LogP contribution in [0.1, 0.15) is 36.0 Å². The fourth-order valence-electron chi connectivity index (χ4n) is 2.32. The molecule has 3 nitrogen and oxygen atoms in total. The van der Waals surface area contributed by atoms with Crippen LogP contribution in [-0.2, 0) is 19.6 Å². The molecule has 0 spiro atoms. The fourth-order valence-corrected chi connectivity index (χ4v) is 2.32. The second kappa shape index (κ2) is 8.01. The maximum atomic E-state index is 5.85. The summed E-state index contributed by atoms with van der Waals surface area (Å²) in [5, 5.41) is 3.36. The molecule has 1 aromatic heterocycles. The van der Waals surface area contributed by atoms with Crippen LogP contribution in [0.5, 0.6) is 0 Å². The Morgan fingerprint density at radius 1 is 1.00 bits per heavy atom. The highest BCUT2D eigenvalue weighted by Gasteiger charge is 2.06. The second-order valence-corrected chi connectivity index (χ2v) is 5.70. The lowest BCUT2D eigenvalue weighted by Crippen LogP contribution is -2.17. The molecule has 21 heavy (non-hydrogen) atoms. The zero-order valence-corrected chi connectivity index (χ0v) is 13.4. The highest BCUT2D eigenvalue weighted by Crippen LogP contribution is 2.12. The molecule has 1 aromatic carbocycles. The van der Waals surface area contributed by atoms with Crippen LogP contribution in [0.4, 0.5) is 0 Å². The van der Waals surface area contributed by atoms with Gasteiger partial charge in [-0.05, 0) is 44.6 Å². The average molecular weight is 286 g/mol. The van der Waals surface area contributed by atoms with Crippen molar-refractivity contribution in [3.8, 4) is 0 Å². The Bertz CT molecular complexity index is 530. The number of rotatable bonds is 8. The van der Waals surface area contributed by atoms with E-state index in [0.717, 1.165) is 44.1 Å². The van der Waals surface area contributed by atoms with E-state index in [2.05, 4.69) is 67.5 Å². The number of aryl methyl sites for hydroxylation is 1. The number of furan rings is 1. The molecule has 0 saturated carbocycles. The van der Waals surface area contributed by atoms with E-state index in [1.165, 1.54) is 11.1 Å². The summed E-state index contributed by atoms with van der Waals surface area (Å²) >= 11 is 0. The van der Waals surface area contributed by atoms with Gasteiger partial charge in [0.2, 0.25) is 0 Å². The predicted octanol–water partition coefficient (Wildman–Crippen LogP) is 3.72. The summed E-state index contributed by atoms with van der Waals surface area (Å²) in [5.41, 5.74) is 2.64. The van der Waals surface area contributed by atoms with Crippen LogP contribution < -0.4 is 5.32 Å². The van der Waals surface area contributed by atoms with Crippen molar-refractivity contribution in [3.63, 3.8) is 0 Å². The normalized spacial score (nSPS) is 11.2. The van der Waals surface area contributed by atoms with Crippen molar-refractivity contribution in [2.24, 2.45) is 0 Å². The van der Waals surface area contributed by atoms with Gasteiger partial charge in [0.05, 0.1) is 13.1 Å². The summed E-state index contributed by atoms with van der Waals surface area (Å²) in [6.45, 7) is 7.90. The molecule has 1 N–H and O–H groups in total. The second-order valence-electron chi connectivity index (χ2n) is 5.70. The molecule has 3 heteroatoms. The van der Waals surface area contributed by atoms with Crippen LogP contribution in [0.15, 0.2) is 40.8 Å². The van der Waals surface area contributed by atoms with Gasteiger partial charge in [0.15, 0.2) is 0 Å². The standard InChI is InChI=1S/C18H26N2O/c1-4-11-19-12-17-9-10-18(21-17)14-20(3)13-16-7-5-15(2)6-8-16/h5-10,19H,4,11-14H2,1-3H3. The van der Waals surface area contributed by atoms with Crippen molar-refractivity contribution in [1.82, 2.24) is 10.2 Å². The molecule has 2 rings (SSSR count). The predicted molar refractivity (Wildman–Crippen MR) is 87.1 cm³/mol. The van der Waals surface area contributed by atoms with Crippen molar-refractivity contribution in [3.05, 3.63) is 59.0 Å². The molecule has 114 valence electrons. The Hall–Kier alpha value is -1.58. The van der Waals surface area contributed by atoms with Gasteiger partial charge in [-0.3, -0.25) is 4.90 Å². The third-order valence-corrected chi connectivity index (χ3v) is 3.44. The lowest BCUT2D eigenvalue weighted by Gasteiger charge is -2.15. The van der Waals surface area contributed by atoms with Gasteiger partial charge in [-0.25, -0.2) is 0 Å². The van der Waals surface area contributed by atoms with E-state index in [-0.39, 0.29) is 0 Å². The minimum absolute atomic E-state index is 0.815. The van der Waals surface area contributed by atoms with E-state index < -0.39 is 0 Å². The number of nitrogens with zero attached hydrogens (tertiary/aromatic N) is 1. The first-order chi connectivity index (χ1) is 10.2. The zero-order valence-electron chi connectivity index (χ0n) is 13.4. The van der Waals surface area contributed by atoms with Crippen molar-refractivity contribution >= 4 is 0 Å². The Kier molecular flexibility index (Phi) is 6.03. The molecular weight excluding hydrogens is 260 g/mol. The van der Waals surface area contributed by atoms with Gasteiger partial charge in [-0.15, -0.1) is 0 Å². The molecule has 0 aliphatic rings. The lowest BCUT2D eigenvalue weighted by atomic mass is 10.1. The maximum Gasteiger partial charge on any atom is 0.118 e. The summed E-state index contributed by atoms with van der Waals surface area (Å²) in [6, 6.07) is 12.8. The summed E-state index contributed by atoms with van der Waals surface area (Å²) < 4.78 is 5.85. The molecular formula is C18H26N2O. The van der Waals surface area contributed by atoms with E-state index in [1.807, 2.05) is 0 Å². The van der Waals surface area contributed by atoms with Gasteiger partial charge in [0, 0.05) is 6.54 Å². The van der Waals surface area contributed by atoms with Crippen LogP contribution in [-0.4, -0.2) is 18.5 Å². The van der Waals surface area contributed by atoms with Crippen molar-refractivity contribution < 1.29 is 4.42 Å². The van der Waals surface area contributed by atoms with Crippen molar-refractivity contribution in [2.75, 3.05) is 13.6 Å². The van der Waals surface area contributed by atoms with E-state index in [1.54, 1.807) is 0 Å². The van der Waals surface area contributed by atoms with Crippen LogP contribution in [0.3, 0.4) is 0 Å². The summed E-state index contributed by atoms with van der Waals surface area (Å²) in [7, 11) is 2.12. The Morgan fingerprint density at radius 2 is 1.71 bits per heavy atom. The first-order valence-corrected chi connectivity index (χ1v) is 7.69. The number of benzene rings is 1. The van der Waals surface area contributed by atoms with Gasteiger partial charge in [-0.2, -0.15) is 0 Å². The average Bonchev–Trinajstić information content (AvgIpc) is 2.89. The summed E-state index contributed by atoms with van der Waals surface area (Å²) in [4.78, 5) is 2.27. The molecule has 0 saturated heterocycles. The van der Waals surface area contributed by atoms with Gasteiger partial charge in [0.1, 0.15) is 11.5 Å². The minimum Gasteiger partial charge on any atom is -0.463 e. The number of nitrogens with one attached hydrogen (secondary N) is 1. The summed E-state index contributed by atoms with van der Waals surface area (Å²) in [6.07, 6.45) is 1.15. The highest BCUT2D eigenvalue weighted by molar-refractivity contribution is 5.21. The van der Waals surface area contributed by atoms with Gasteiger partial charge in [-0.1, -0.05) is 36.8 Å². The van der Waals surface area contributed by atoms with Crippen molar-refractivity contribution in [1.29, 1.82) is 0 Å². The smallest absolute Gasteiger partial charge is 0.118 e.